The molecule has 0 radical (unpaired) electrons. The molecule has 1 aliphatic rings. The van der Waals surface area contributed by atoms with Crippen LogP contribution in [0.25, 0.3) is 10.9 Å². The second-order valence-electron chi connectivity index (χ2n) is 7.13. The molecule has 0 atom stereocenters. The van der Waals surface area contributed by atoms with Crippen molar-refractivity contribution >= 4 is 16.8 Å². The fraction of sp³-hybridized carbons (Fsp3) is 0.348. The van der Waals surface area contributed by atoms with Crippen LogP contribution in [0.3, 0.4) is 0 Å². The normalized spacial score (nSPS) is 14.0. The van der Waals surface area contributed by atoms with Crippen molar-refractivity contribution in [1.29, 1.82) is 0 Å². The first kappa shape index (κ1) is 16.9. The van der Waals surface area contributed by atoms with Crippen LogP contribution in [0.4, 0.5) is 0 Å². The number of hydrogen-bond acceptors (Lipinski definition) is 1. The van der Waals surface area contributed by atoms with Gasteiger partial charge in [-0.3, -0.25) is 4.79 Å². The van der Waals surface area contributed by atoms with Crippen molar-refractivity contribution in [1.82, 2.24) is 9.47 Å². The Hall–Kier alpha value is -2.55. The van der Waals surface area contributed by atoms with Crippen molar-refractivity contribution in [2.24, 2.45) is 0 Å². The van der Waals surface area contributed by atoms with Gasteiger partial charge in [-0.2, -0.15) is 0 Å². The fourth-order valence-electron chi connectivity index (χ4n) is 4.05. The van der Waals surface area contributed by atoms with E-state index in [1.165, 1.54) is 22.0 Å². The number of benzene rings is 2. The summed E-state index contributed by atoms with van der Waals surface area (Å²) in [5, 5.41) is 1.25. The van der Waals surface area contributed by atoms with Crippen LogP contribution in [0.15, 0.2) is 54.6 Å². The number of aromatic nitrogens is 1. The first-order chi connectivity index (χ1) is 12.8. The van der Waals surface area contributed by atoms with Gasteiger partial charge in [-0.05, 0) is 36.5 Å². The summed E-state index contributed by atoms with van der Waals surface area (Å²) in [5.74, 6) is 0.212. The molecule has 0 fully saturated rings. The van der Waals surface area contributed by atoms with E-state index in [1.54, 1.807) is 0 Å². The topological polar surface area (TPSA) is 25.2 Å². The van der Waals surface area contributed by atoms with Gasteiger partial charge in [0.1, 0.15) is 5.69 Å². The van der Waals surface area contributed by atoms with Gasteiger partial charge < -0.3 is 9.47 Å². The number of rotatable bonds is 6. The molecule has 0 saturated heterocycles. The van der Waals surface area contributed by atoms with E-state index < -0.39 is 0 Å². The number of carbonyl (C=O) groups is 1. The van der Waals surface area contributed by atoms with Gasteiger partial charge in [-0.1, -0.05) is 61.9 Å². The van der Waals surface area contributed by atoms with Gasteiger partial charge in [0.15, 0.2) is 0 Å². The van der Waals surface area contributed by atoms with Crippen LogP contribution in [-0.2, 0) is 19.4 Å². The first-order valence-electron chi connectivity index (χ1n) is 9.73. The molecule has 3 nitrogen and oxygen atoms in total. The van der Waals surface area contributed by atoms with Crippen molar-refractivity contribution in [3.63, 3.8) is 0 Å². The lowest BCUT2D eigenvalue weighted by atomic mass is 10.0. The molecular formula is C23H26N2O. The van der Waals surface area contributed by atoms with E-state index in [4.69, 9.17) is 0 Å². The fourth-order valence-corrected chi connectivity index (χ4v) is 4.05. The van der Waals surface area contributed by atoms with E-state index in [1.807, 2.05) is 11.0 Å². The minimum atomic E-state index is 0.212. The highest BCUT2D eigenvalue weighted by atomic mass is 16.2. The maximum Gasteiger partial charge on any atom is 0.270 e. The van der Waals surface area contributed by atoms with Gasteiger partial charge in [-0.25, -0.2) is 0 Å². The predicted molar refractivity (Wildman–Crippen MR) is 107 cm³/mol. The molecule has 1 aromatic heterocycles. The lowest BCUT2D eigenvalue weighted by Crippen LogP contribution is -2.39. The summed E-state index contributed by atoms with van der Waals surface area (Å²) in [6, 6.07) is 19.0. The molecule has 0 unspecified atom stereocenters. The monoisotopic (exact) mass is 346 g/mol. The highest BCUT2D eigenvalue weighted by Crippen LogP contribution is 2.31. The Morgan fingerprint density at radius 1 is 0.962 bits per heavy atom. The van der Waals surface area contributed by atoms with Crippen LogP contribution >= 0.6 is 0 Å². The maximum atomic E-state index is 13.2. The van der Waals surface area contributed by atoms with Crippen molar-refractivity contribution in [3.8, 4) is 0 Å². The second kappa shape index (κ2) is 7.36. The van der Waals surface area contributed by atoms with E-state index in [0.29, 0.717) is 0 Å². The molecule has 1 aliphatic heterocycles. The van der Waals surface area contributed by atoms with Crippen LogP contribution in [0.1, 0.15) is 41.4 Å². The number of hydrogen-bond donors (Lipinski definition) is 0. The number of fused-ring (bicyclic) bond motifs is 3. The number of unbranched alkanes of at least 4 members (excludes halogenated alkanes) is 1. The van der Waals surface area contributed by atoms with Gasteiger partial charge >= 0.3 is 0 Å². The minimum Gasteiger partial charge on any atom is -0.337 e. The molecule has 3 aromatic rings. The van der Waals surface area contributed by atoms with Crippen molar-refractivity contribution in [2.75, 3.05) is 13.1 Å². The van der Waals surface area contributed by atoms with Gasteiger partial charge in [0, 0.05) is 30.5 Å². The Morgan fingerprint density at radius 2 is 1.73 bits per heavy atom. The molecule has 3 heteroatoms. The van der Waals surface area contributed by atoms with Crippen LogP contribution in [0, 0.1) is 0 Å². The van der Waals surface area contributed by atoms with Gasteiger partial charge in [0.05, 0.1) is 0 Å². The molecular weight excluding hydrogens is 320 g/mol. The molecule has 2 heterocycles. The Morgan fingerprint density at radius 3 is 2.54 bits per heavy atom. The van der Waals surface area contributed by atoms with Crippen molar-refractivity contribution < 1.29 is 4.79 Å². The van der Waals surface area contributed by atoms with Gasteiger partial charge in [0.25, 0.3) is 5.91 Å². The molecule has 26 heavy (non-hydrogen) atoms. The van der Waals surface area contributed by atoms with Crippen LogP contribution in [-0.4, -0.2) is 28.5 Å². The number of carbonyl (C=O) groups excluding carboxylic acids is 1. The second-order valence-corrected chi connectivity index (χ2v) is 7.13. The molecule has 1 amide bonds. The zero-order chi connectivity index (χ0) is 17.9. The van der Waals surface area contributed by atoms with Crippen molar-refractivity contribution in [2.45, 2.75) is 39.2 Å². The Bertz CT molecular complexity index is 911. The number of amides is 1. The molecule has 2 aromatic carbocycles. The first-order valence-corrected chi connectivity index (χ1v) is 9.73. The SMILES string of the molecule is CCCCN1CCc2c(n(CCc3ccccc3)c3ccccc23)C1=O. The van der Waals surface area contributed by atoms with Crippen LogP contribution in [0.2, 0.25) is 0 Å². The number of aryl methyl sites for hydroxylation is 2. The third-order valence-corrected chi connectivity index (χ3v) is 5.45. The summed E-state index contributed by atoms with van der Waals surface area (Å²) in [4.78, 5) is 15.3. The summed E-state index contributed by atoms with van der Waals surface area (Å²) in [5.41, 5.74) is 4.67. The molecule has 4 rings (SSSR count). The van der Waals surface area contributed by atoms with E-state index in [-0.39, 0.29) is 5.91 Å². The average molecular weight is 346 g/mol. The average Bonchev–Trinajstić information content (AvgIpc) is 3.01. The summed E-state index contributed by atoms with van der Waals surface area (Å²) >= 11 is 0. The molecule has 0 saturated carbocycles. The minimum absolute atomic E-state index is 0.212. The molecule has 0 aliphatic carbocycles. The van der Waals surface area contributed by atoms with E-state index >= 15 is 0 Å². The van der Waals surface area contributed by atoms with Gasteiger partial charge in [0.2, 0.25) is 0 Å². The largest absolute Gasteiger partial charge is 0.337 e. The number of para-hydroxylation sites is 1. The molecule has 0 spiro atoms. The highest BCUT2D eigenvalue weighted by Gasteiger charge is 2.30. The Balaban J connectivity index is 1.72. The quantitative estimate of drug-likeness (QED) is 0.636. The third kappa shape index (κ3) is 3.03. The third-order valence-electron chi connectivity index (χ3n) is 5.45. The summed E-state index contributed by atoms with van der Waals surface area (Å²) in [6.45, 7) is 4.73. The zero-order valence-corrected chi connectivity index (χ0v) is 15.4. The lowest BCUT2D eigenvalue weighted by Gasteiger charge is -2.28. The van der Waals surface area contributed by atoms with E-state index in [2.05, 4.69) is 60.0 Å². The zero-order valence-electron chi connectivity index (χ0n) is 15.4. The summed E-state index contributed by atoms with van der Waals surface area (Å²) in [7, 11) is 0. The standard InChI is InChI=1S/C23H26N2O/c1-2-3-15-24-16-14-20-19-11-7-8-12-21(19)25(22(20)23(24)26)17-13-18-9-5-4-6-10-18/h4-12H,2-3,13-17H2,1H3. The van der Waals surface area contributed by atoms with Crippen molar-refractivity contribution in [3.05, 3.63) is 71.4 Å². The molecule has 134 valence electrons. The highest BCUT2D eigenvalue weighted by molar-refractivity contribution is 6.02. The predicted octanol–water partition coefficient (Wildman–Crippen LogP) is 4.68. The molecule has 0 N–H and O–H groups in total. The maximum absolute atomic E-state index is 13.2. The Kier molecular flexibility index (Phi) is 4.79. The van der Waals surface area contributed by atoms with Crippen LogP contribution in [0.5, 0.6) is 0 Å². The summed E-state index contributed by atoms with van der Waals surface area (Å²) < 4.78 is 2.26. The smallest absolute Gasteiger partial charge is 0.270 e. The summed E-state index contributed by atoms with van der Waals surface area (Å²) in [6.07, 6.45) is 4.09. The van der Waals surface area contributed by atoms with Crippen LogP contribution < -0.4 is 0 Å². The number of nitrogens with zero attached hydrogens (tertiary/aromatic N) is 2. The van der Waals surface area contributed by atoms with E-state index in [0.717, 1.165) is 51.0 Å². The van der Waals surface area contributed by atoms with Gasteiger partial charge in [-0.15, -0.1) is 0 Å². The lowest BCUT2D eigenvalue weighted by molar-refractivity contribution is 0.0726. The molecule has 0 bridgehead atoms. The Labute approximate surface area is 155 Å². The van der Waals surface area contributed by atoms with E-state index in [9.17, 15) is 4.79 Å².